The van der Waals surface area contributed by atoms with Gasteiger partial charge in [-0.15, -0.1) is 0 Å². The Labute approximate surface area is 436 Å². The minimum atomic E-state index is -3.83. The monoisotopic (exact) mass is 1050 g/mol. The van der Waals surface area contributed by atoms with Gasteiger partial charge in [-0.2, -0.15) is 0 Å². The Balaban J connectivity index is 0.833. The van der Waals surface area contributed by atoms with Crippen LogP contribution in [-0.2, 0) is 47.9 Å². The molecule has 6 N–H and O–H groups in total. The van der Waals surface area contributed by atoms with Crippen molar-refractivity contribution in [1.82, 2.24) is 4.72 Å². The van der Waals surface area contributed by atoms with Crippen LogP contribution in [-0.4, -0.2) is 108 Å². The van der Waals surface area contributed by atoms with E-state index in [4.69, 9.17) is 37.9 Å². The second-order valence-electron chi connectivity index (χ2n) is 20.4. The Morgan fingerprint density at radius 1 is 0.500 bits per heavy atom. The van der Waals surface area contributed by atoms with Gasteiger partial charge in [-0.25, -0.2) is 13.1 Å². The van der Waals surface area contributed by atoms with Crippen LogP contribution in [0.25, 0.3) is 0 Å². The number of para-hydroxylation sites is 3. The zero-order valence-electron chi connectivity index (χ0n) is 42.6. The number of benzene rings is 4. The van der Waals surface area contributed by atoms with Gasteiger partial charge in [0.2, 0.25) is 10.0 Å². The van der Waals surface area contributed by atoms with Crippen LogP contribution in [0.5, 0.6) is 17.2 Å². The number of aliphatic hydroxyl groups is 2. The minimum Gasteiger partial charge on any atom is -0.507 e. The summed E-state index contributed by atoms with van der Waals surface area (Å²) < 4.78 is 79.5. The SMILES string of the molecule is CCC1CC(CCCC2CC(CC(O)CCCC3CC(CCCC(O)CC4CC(C)OC(c5ccccc5O)O4)OC(c4ccccc4O)O3)OC(CNS(=O)(=O)c3ccccc3)O2)OC(c2ccccc2O)O1. The van der Waals surface area contributed by atoms with Gasteiger partial charge in [0, 0.05) is 36.0 Å². The number of aromatic hydroxyl groups is 3. The van der Waals surface area contributed by atoms with Gasteiger partial charge >= 0.3 is 0 Å². The Morgan fingerprint density at radius 2 is 0.892 bits per heavy atom. The number of phenolic OH excluding ortho intramolecular Hbond substituents is 3. The van der Waals surface area contributed by atoms with Gasteiger partial charge in [0.05, 0.1) is 72.5 Å². The molecule has 0 radical (unpaired) electrons. The molecule has 406 valence electrons. The highest BCUT2D eigenvalue weighted by atomic mass is 32.2. The van der Waals surface area contributed by atoms with Crippen molar-refractivity contribution in [2.45, 2.75) is 208 Å². The number of nitrogens with one attached hydrogen (secondary N) is 1. The lowest BCUT2D eigenvalue weighted by molar-refractivity contribution is -0.252. The van der Waals surface area contributed by atoms with Gasteiger partial charge in [-0.05, 0) is 121 Å². The Morgan fingerprint density at radius 3 is 1.41 bits per heavy atom. The van der Waals surface area contributed by atoms with Crippen LogP contribution < -0.4 is 4.72 Å². The second kappa shape index (κ2) is 27.2. The summed E-state index contributed by atoms with van der Waals surface area (Å²) in [5.41, 5.74) is 1.71. The third-order valence-corrected chi connectivity index (χ3v) is 16.0. The molecule has 4 aliphatic rings. The summed E-state index contributed by atoms with van der Waals surface area (Å²) in [4.78, 5) is 0.140. The Bertz CT molecular complexity index is 2430. The first-order valence-corrected chi connectivity index (χ1v) is 28.2. The van der Waals surface area contributed by atoms with Crippen molar-refractivity contribution in [3.05, 3.63) is 120 Å². The van der Waals surface area contributed by atoms with Crippen LogP contribution in [0.2, 0.25) is 0 Å². The second-order valence-corrected chi connectivity index (χ2v) is 22.2. The minimum absolute atomic E-state index is 0.0180. The molecule has 14 atom stereocenters. The third kappa shape index (κ3) is 16.2. The molecule has 0 spiro atoms. The number of rotatable bonds is 24. The van der Waals surface area contributed by atoms with E-state index in [9.17, 15) is 34.0 Å². The summed E-state index contributed by atoms with van der Waals surface area (Å²) >= 11 is 0. The van der Waals surface area contributed by atoms with Gasteiger partial charge in [-0.3, -0.25) is 0 Å². The average Bonchev–Trinajstić information content (AvgIpc) is 3.38. The number of hydrogen-bond acceptors (Lipinski definition) is 15. The molecule has 0 aromatic heterocycles. The number of sulfonamides is 1. The zero-order valence-corrected chi connectivity index (χ0v) is 43.5. The fraction of sp³-hybridized carbons (Fsp3) is 0.579. The maximum Gasteiger partial charge on any atom is 0.240 e. The number of phenols is 3. The number of ether oxygens (including phenoxy) is 8. The quantitative estimate of drug-likeness (QED) is 0.0385. The molecule has 0 saturated carbocycles. The first-order valence-electron chi connectivity index (χ1n) is 26.8. The van der Waals surface area contributed by atoms with Crippen LogP contribution in [0.1, 0.15) is 152 Å². The molecule has 4 aliphatic heterocycles. The van der Waals surface area contributed by atoms with Crippen molar-refractivity contribution < 1.29 is 71.8 Å². The maximum absolute atomic E-state index is 13.2. The highest BCUT2D eigenvalue weighted by Gasteiger charge is 2.37. The molecule has 0 aliphatic carbocycles. The van der Waals surface area contributed by atoms with E-state index < -0.39 is 53.5 Å². The Hall–Kier alpha value is -4.21. The van der Waals surface area contributed by atoms with E-state index in [0.29, 0.717) is 93.7 Å². The average molecular weight is 1050 g/mol. The van der Waals surface area contributed by atoms with E-state index in [0.717, 1.165) is 25.7 Å². The van der Waals surface area contributed by atoms with Crippen molar-refractivity contribution in [1.29, 1.82) is 0 Å². The van der Waals surface area contributed by atoms with Gasteiger partial charge in [0.1, 0.15) is 17.2 Å². The third-order valence-electron chi connectivity index (χ3n) is 14.6. The summed E-state index contributed by atoms with van der Waals surface area (Å²) in [6, 6.07) is 29.1. The fourth-order valence-electron chi connectivity index (χ4n) is 10.7. The molecule has 4 aromatic rings. The standard InChI is InChI=1S/C57H77NO15S/c1-3-40-33-42(70-56(69-40)49-25-8-11-28-52(49)62)21-15-20-41-35-46(68-54(67-41)36-58-74(64,65)47-22-5-4-6-23-47)32-39(60)17-14-19-44-34-43(71-57(72-44)50-26-9-12-29-53(50)63)18-13-16-38(59)31-45-30-37(2)66-55(73-45)48-24-7-10-27-51(48)61/h4-12,22-29,37-46,54-63H,3,13-21,30-36H2,1-2H3. The first kappa shape index (κ1) is 56.0. The molecule has 17 heteroatoms. The molecule has 4 aromatic carbocycles. The van der Waals surface area contributed by atoms with Crippen LogP contribution >= 0.6 is 0 Å². The molecule has 4 saturated heterocycles. The molecule has 4 heterocycles. The lowest BCUT2D eigenvalue weighted by atomic mass is 9.95. The predicted molar refractivity (Wildman–Crippen MR) is 274 cm³/mol. The number of hydrogen-bond donors (Lipinski definition) is 6. The summed E-state index contributed by atoms with van der Waals surface area (Å²) in [5.74, 6) is 0.314. The van der Waals surface area contributed by atoms with Crippen LogP contribution in [0.15, 0.2) is 108 Å². The Kier molecular flexibility index (Phi) is 20.6. The van der Waals surface area contributed by atoms with E-state index in [-0.39, 0.29) is 71.4 Å². The van der Waals surface area contributed by atoms with Gasteiger partial charge < -0.3 is 63.4 Å². The predicted octanol–water partition coefficient (Wildman–Crippen LogP) is 9.64. The maximum atomic E-state index is 13.2. The van der Waals surface area contributed by atoms with E-state index in [1.54, 1.807) is 66.7 Å². The molecule has 8 rings (SSSR count). The van der Waals surface area contributed by atoms with E-state index in [1.165, 1.54) is 12.1 Å². The summed E-state index contributed by atoms with van der Waals surface area (Å²) in [5, 5.41) is 54.4. The van der Waals surface area contributed by atoms with Crippen molar-refractivity contribution in [3.8, 4) is 17.2 Å². The highest BCUT2D eigenvalue weighted by molar-refractivity contribution is 7.89. The summed E-state index contributed by atoms with van der Waals surface area (Å²) in [6.45, 7) is 3.94. The fourth-order valence-corrected chi connectivity index (χ4v) is 11.7. The molecule has 74 heavy (non-hydrogen) atoms. The van der Waals surface area contributed by atoms with Gasteiger partial charge in [-0.1, -0.05) is 79.7 Å². The molecule has 14 unspecified atom stereocenters. The normalized spacial score (nSPS) is 29.6. The van der Waals surface area contributed by atoms with E-state index >= 15 is 0 Å². The van der Waals surface area contributed by atoms with Gasteiger partial charge in [0.25, 0.3) is 0 Å². The molecule has 16 nitrogen and oxygen atoms in total. The van der Waals surface area contributed by atoms with Crippen LogP contribution in [0, 0.1) is 0 Å². The molecular formula is C57H77NO15S. The summed E-state index contributed by atoms with van der Waals surface area (Å²) in [6.07, 6.45) is 3.97. The van der Waals surface area contributed by atoms with Crippen molar-refractivity contribution in [3.63, 3.8) is 0 Å². The lowest BCUT2D eigenvalue weighted by Gasteiger charge is -2.38. The molecular weight excluding hydrogens is 971 g/mol. The highest BCUT2D eigenvalue weighted by Crippen LogP contribution is 2.40. The van der Waals surface area contributed by atoms with Crippen molar-refractivity contribution in [2.75, 3.05) is 6.54 Å². The smallest absolute Gasteiger partial charge is 0.240 e. The summed E-state index contributed by atoms with van der Waals surface area (Å²) in [7, 11) is -3.83. The molecule has 0 amide bonds. The van der Waals surface area contributed by atoms with E-state index in [1.807, 2.05) is 31.2 Å². The number of aliphatic hydroxyl groups excluding tert-OH is 2. The largest absolute Gasteiger partial charge is 0.507 e. The van der Waals surface area contributed by atoms with Crippen LogP contribution in [0.3, 0.4) is 0 Å². The topological polar surface area (TPSA) is 221 Å². The van der Waals surface area contributed by atoms with Crippen molar-refractivity contribution >= 4 is 10.0 Å². The van der Waals surface area contributed by atoms with Crippen LogP contribution in [0.4, 0.5) is 0 Å². The zero-order chi connectivity index (χ0) is 52.0. The van der Waals surface area contributed by atoms with Gasteiger partial charge in [0.15, 0.2) is 25.2 Å². The molecule has 0 bridgehead atoms. The molecule has 4 fully saturated rings. The van der Waals surface area contributed by atoms with E-state index in [2.05, 4.69) is 11.6 Å². The lowest BCUT2D eigenvalue weighted by Crippen LogP contribution is -2.45. The first-order chi connectivity index (χ1) is 35.8. The van der Waals surface area contributed by atoms with Crippen molar-refractivity contribution in [2.24, 2.45) is 0 Å².